The Kier molecular flexibility index (Phi) is 13.2. The molecular formula is C108H74N2. The smallest absolute Gasteiger partial charge is 0.0726 e. The summed E-state index contributed by atoms with van der Waals surface area (Å²) in [5.41, 5.74) is 43.6. The van der Waals surface area contributed by atoms with Crippen molar-refractivity contribution in [2.75, 3.05) is 9.80 Å². The molecular weight excluding hydrogens is 1330 g/mol. The average molecular weight is 1400 g/mol. The minimum absolute atomic E-state index is 0.196. The van der Waals surface area contributed by atoms with Gasteiger partial charge in [-0.2, -0.15) is 0 Å². The maximum atomic E-state index is 2.57. The van der Waals surface area contributed by atoms with Gasteiger partial charge < -0.3 is 9.80 Å². The van der Waals surface area contributed by atoms with E-state index in [1.54, 1.807) is 0 Å². The molecule has 2 nitrogen and oxygen atoms in total. The Morgan fingerprint density at radius 3 is 0.936 bits per heavy atom. The quantitative estimate of drug-likeness (QED) is 0.142. The molecule has 2 spiro atoms. The van der Waals surface area contributed by atoms with E-state index in [4.69, 9.17) is 0 Å². The van der Waals surface area contributed by atoms with Crippen LogP contribution in [0.4, 0.5) is 34.1 Å². The molecule has 0 amide bonds. The second kappa shape index (κ2) is 23.1. The van der Waals surface area contributed by atoms with Crippen LogP contribution >= 0.6 is 0 Å². The molecule has 0 bridgehead atoms. The molecule has 0 saturated carbocycles. The fourth-order valence-electron chi connectivity index (χ4n) is 21.2. The van der Waals surface area contributed by atoms with Crippen molar-refractivity contribution in [2.45, 2.75) is 49.4 Å². The molecule has 17 aromatic rings. The Morgan fingerprint density at radius 2 is 0.482 bits per heavy atom. The number of benzene rings is 17. The molecule has 6 aliphatic carbocycles. The van der Waals surface area contributed by atoms with Crippen molar-refractivity contribution in [3.8, 4) is 100 Å². The fraction of sp³-hybridized carbons (Fsp3) is 0.0741. The highest BCUT2D eigenvalue weighted by molar-refractivity contribution is 6.05. The zero-order chi connectivity index (χ0) is 72.9. The predicted octanol–water partition coefficient (Wildman–Crippen LogP) is 28.1. The highest BCUT2D eigenvalue weighted by atomic mass is 15.2. The normalized spacial score (nSPS) is 15.5. The number of anilines is 6. The first-order chi connectivity index (χ1) is 54.1. The van der Waals surface area contributed by atoms with Crippen LogP contribution in [0.3, 0.4) is 0 Å². The number of rotatable bonds is 9. The first-order valence-corrected chi connectivity index (χ1v) is 38.9. The molecule has 0 fully saturated rings. The SMILES string of the molecule is CC1(C)c2ccccc2-c2ccc(N(c3ccc4c(c3)C(C)(C)c3ccccc3-4)c3cc(-c4ccc5c(c4)-c4ccccc4C54c5ccccc5-c5ccc(N(c6ccc(-c7ccccc7-c7ccccc7)cc6)c6ccc7c(c6)C6(c8ccccc8-c8ccccc86)c6ccccc6-7)cc54)cc4ccccc34)cc21. The van der Waals surface area contributed by atoms with Gasteiger partial charge in [-0.3, -0.25) is 0 Å². The molecule has 0 aliphatic heterocycles. The molecule has 17 aromatic carbocycles. The molecule has 0 radical (unpaired) electrons. The largest absolute Gasteiger partial charge is 0.310 e. The first kappa shape index (κ1) is 62.8. The van der Waals surface area contributed by atoms with Crippen LogP contribution in [0.2, 0.25) is 0 Å². The summed E-state index contributed by atoms with van der Waals surface area (Å²) in [4.78, 5) is 5.12. The van der Waals surface area contributed by atoms with Gasteiger partial charge in [0.05, 0.1) is 16.5 Å². The number of fused-ring (bicyclic) bond motifs is 27. The lowest BCUT2D eigenvalue weighted by atomic mass is 9.70. The van der Waals surface area contributed by atoms with Gasteiger partial charge in [0.15, 0.2) is 0 Å². The third-order valence-corrected chi connectivity index (χ3v) is 26.1. The van der Waals surface area contributed by atoms with Gasteiger partial charge in [0.25, 0.3) is 0 Å². The molecule has 1 atom stereocenters. The Bertz CT molecular complexity index is 6630. The maximum absolute atomic E-state index is 2.57. The van der Waals surface area contributed by atoms with Crippen molar-refractivity contribution in [2.24, 2.45) is 0 Å². The lowest BCUT2D eigenvalue weighted by Gasteiger charge is -2.33. The minimum atomic E-state index is -0.655. The highest BCUT2D eigenvalue weighted by Crippen LogP contribution is 2.67. The van der Waals surface area contributed by atoms with Crippen LogP contribution in [0.5, 0.6) is 0 Å². The third-order valence-electron chi connectivity index (χ3n) is 26.1. The molecule has 110 heavy (non-hydrogen) atoms. The van der Waals surface area contributed by atoms with E-state index < -0.39 is 10.8 Å². The van der Waals surface area contributed by atoms with Crippen LogP contribution in [-0.4, -0.2) is 0 Å². The van der Waals surface area contributed by atoms with Crippen molar-refractivity contribution in [1.82, 2.24) is 0 Å². The summed E-state index contributed by atoms with van der Waals surface area (Å²) in [5, 5.41) is 2.38. The van der Waals surface area contributed by atoms with Crippen LogP contribution in [-0.2, 0) is 21.7 Å². The molecule has 0 aromatic heterocycles. The van der Waals surface area contributed by atoms with Crippen molar-refractivity contribution >= 4 is 44.9 Å². The monoisotopic (exact) mass is 1400 g/mol. The van der Waals surface area contributed by atoms with E-state index in [1.807, 2.05) is 0 Å². The minimum Gasteiger partial charge on any atom is -0.310 e. The van der Waals surface area contributed by atoms with Crippen molar-refractivity contribution in [3.63, 3.8) is 0 Å². The molecule has 516 valence electrons. The van der Waals surface area contributed by atoms with Crippen LogP contribution in [0.25, 0.3) is 111 Å². The fourth-order valence-corrected chi connectivity index (χ4v) is 21.2. The summed E-state index contributed by atoms with van der Waals surface area (Å²) in [5.74, 6) is 0. The zero-order valence-corrected chi connectivity index (χ0v) is 61.7. The Hall–Kier alpha value is -13.4. The predicted molar refractivity (Wildman–Crippen MR) is 457 cm³/mol. The Balaban J connectivity index is 0.710. The topological polar surface area (TPSA) is 6.48 Å². The molecule has 2 heteroatoms. The second-order valence-corrected chi connectivity index (χ2v) is 32.1. The molecule has 0 saturated heterocycles. The van der Waals surface area contributed by atoms with Crippen LogP contribution < -0.4 is 9.80 Å². The standard InChI is InChI=1S/C108H74N2/c1-105(2)92-39-19-12-32-80(92)87-55-53-75(63-100(87)105)110(76-54-56-88-81-33-13-20-40-93(81)106(3,4)101(88)64-76)104-62-71(60-70-28-8-9-31-79(70)104)69-48-59-99-91(61-69)86-38-18-25-45-98(86)108(99)97-44-24-17-37-85(97)90-58-52-74(66-103(90)108)109(72-49-46-68(47-50-72)78-30-11-10-29-77(78)67-26-6-5-7-27-67)73-51-57-89-84-36-16-23-43-96(84)107(102(89)65-73)94-41-21-14-34-82(94)83-35-15-22-42-95(83)107/h5-66H,1-4H3. The summed E-state index contributed by atoms with van der Waals surface area (Å²) in [6.45, 7) is 9.59. The molecule has 23 rings (SSSR count). The van der Waals surface area contributed by atoms with E-state index in [1.165, 1.54) is 172 Å². The maximum Gasteiger partial charge on any atom is 0.0726 e. The van der Waals surface area contributed by atoms with E-state index >= 15 is 0 Å². The zero-order valence-electron chi connectivity index (χ0n) is 61.7. The van der Waals surface area contributed by atoms with Gasteiger partial charge in [0.2, 0.25) is 0 Å². The summed E-state index contributed by atoms with van der Waals surface area (Å²) in [6.07, 6.45) is 0. The summed E-state index contributed by atoms with van der Waals surface area (Å²) in [7, 11) is 0. The van der Waals surface area contributed by atoms with Gasteiger partial charge in [-0.25, -0.2) is 0 Å². The van der Waals surface area contributed by atoms with Gasteiger partial charge in [-0.15, -0.1) is 0 Å². The summed E-state index contributed by atoms with van der Waals surface area (Å²) >= 11 is 0. The number of nitrogens with zero attached hydrogens (tertiary/aromatic N) is 2. The van der Waals surface area contributed by atoms with E-state index in [0.717, 1.165) is 39.7 Å². The second-order valence-electron chi connectivity index (χ2n) is 32.1. The Morgan fingerprint density at radius 1 is 0.173 bits per heavy atom. The summed E-state index contributed by atoms with van der Waals surface area (Å²) in [6, 6.07) is 144. The summed E-state index contributed by atoms with van der Waals surface area (Å²) < 4.78 is 0. The van der Waals surface area contributed by atoms with Crippen LogP contribution in [0.15, 0.2) is 376 Å². The van der Waals surface area contributed by atoms with E-state index in [9.17, 15) is 0 Å². The van der Waals surface area contributed by atoms with Gasteiger partial charge in [0, 0.05) is 44.7 Å². The van der Waals surface area contributed by atoms with Gasteiger partial charge in [-0.1, -0.05) is 325 Å². The van der Waals surface area contributed by atoms with Gasteiger partial charge in [0.1, 0.15) is 0 Å². The first-order valence-electron chi connectivity index (χ1n) is 38.9. The molecule has 0 heterocycles. The van der Waals surface area contributed by atoms with Crippen LogP contribution in [0.1, 0.15) is 94.5 Å². The average Bonchev–Trinajstić information content (AvgIpc) is 1.51. The van der Waals surface area contributed by atoms with Crippen molar-refractivity contribution in [1.29, 1.82) is 0 Å². The lowest BCUT2D eigenvalue weighted by molar-refractivity contribution is 0.660. The third kappa shape index (κ3) is 8.48. The van der Waals surface area contributed by atoms with Crippen molar-refractivity contribution in [3.05, 3.63) is 443 Å². The Labute approximate surface area is 642 Å². The highest BCUT2D eigenvalue weighted by Gasteiger charge is 2.54. The van der Waals surface area contributed by atoms with Crippen LogP contribution in [0, 0.1) is 0 Å². The van der Waals surface area contributed by atoms with Gasteiger partial charge >= 0.3 is 0 Å². The molecule has 0 N–H and O–H groups in total. The number of hydrogen-bond acceptors (Lipinski definition) is 2. The van der Waals surface area contributed by atoms with Crippen molar-refractivity contribution < 1.29 is 0 Å². The van der Waals surface area contributed by atoms with E-state index in [2.05, 4.69) is 414 Å². The van der Waals surface area contributed by atoms with E-state index in [-0.39, 0.29) is 10.8 Å². The number of hydrogen-bond donors (Lipinski definition) is 0. The van der Waals surface area contributed by atoms with Gasteiger partial charge in [-0.05, 0) is 251 Å². The molecule has 1 unspecified atom stereocenters. The molecule has 6 aliphatic rings. The van der Waals surface area contributed by atoms with E-state index in [0.29, 0.717) is 0 Å². The lowest BCUT2D eigenvalue weighted by Crippen LogP contribution is -2.26.